The molecule has 1 aromatic carbocycles. The standard InChI is InChI=1S/C13H15ClF3N/c14-8-10-2-1-7-18(9-10)12-5-3-11(4-6-12)13(15,16)17/h3-6,10H,1-2,7-9H2. The van der Waals surface area contributed by atoms with Crippen molar-refractivity contribution in [1.29, 1.82) is 0 Å². The summed E-state index contributed by atoms with van der Waals surface area (Å²) in [6.07, 6.45) is -2.13. The predicted molar refractivity (Wildman–Crippen MR) is 67.1 cm³/mol. The first-order valence-corrected chi connectivity index (χ1v) is 6.52. The number of anilines is 1. The van der Waals surface area contributed by atoms with E-state index >= 15 is 0 Å². The second kappa shape index (κ2) is 5.39. The number of hydrogen-bond donors (Lipinski definition) is 0. The van der Waals surface area contributed by atoms with Crippen molar-refractivity contribution in [2.45, 2.75) is 19.0 Å². The van der Waals surface area contributed by atoms with Crippen LogP contribution in [0.2, 0.25) is 0 Å². The summed E-state index contributed by atoms with van der Waals surface area (Å²) < 4.78 is 37.3. The molecule has 0 radical (unpaired) electrons. The molecule has 0 aliphatic carbocycles. The number of benzene rings is 1. The van der Waals surface area contributed by atoms with Crippen LogP contribution in [0, 0.1) is 5.92 Å². The van der Waals surface area contributed by atoms with E-state index in [9.17, 15) is 13.2 Å². The SMILES string of the molecule is FC(F)(F)c1ccc(N2CCCC(CCl)C2)cc1. The molecule has 1 saturated heterocycles. The minimum atomic E-state index is -4.26. The molecule has 1 atom stereocenters. The minimum Gasteiger partial charge on any atom is -0.371 e. The second-order valence-corrected chi connectivity index (χ2v) is 4.96. The summed E-state index contributed by atoms with van der Waals surface area (Å²) in [6.45, 7) is 1.72. The van der Waals surface area contributed by atoms with E-state index in [-0.39, 0.29) is 0 Å². The number of halogens is 4. The van der Waals surface area contributed by atoms with Crippen LogP contribution >= 0.6 is 11.6 Å². The minimum absolute atomic E-state index is 0.433. The van der Waals surface area contributed by atoms with Crippen LogP contribution in [-0.4, -0.2) is 19.0 Å². The van der Waals surface area contributed by atoms with Gasteiger partial charge in [-0.2, -0.15) is 13.2 Å². The Kier molecular flexibility index (Phi) is 4.05. The van der Waals surface area contributed by atoms with Gasteiger partial charge in [0.2, 0.25) is 0 Å². The summed E-state index contributed by atoms with van der Waals surface area (Å²) in [6, 6.07) is 5.36. The Morgan fingerprint density at radius 1 is 1.22 bits per heavy atom. The lowest BCUT2D eigenvalue weighted by Crippen LogP contribution is -2.36. The van der Waals surface area contributed by atoms with E-state index in [1.807, 2.05) is 0 Å². The highest BCUT2D eigenvalue weighted by atomic mass is 35.5. The zero-order valence-electron chi connectivity index (χ0n) is 9.88. The number of rotatable bonds is 2. The zero-order chi connectivity index (χ0) is 13.2. The van der Waals surface area contributed by atoms with E-state index in [0.29, 0.717) is 11.8 Å². The molecule has 1 aliphatic heterocycles. The van der Waals surface area contributed by atoms with Crippen molar-refractivity contribution in [3.63, 3.8) is 0 Å². The molecule has 1 nitrogen and oxygen atoms in total. The van der Waals surface area contributed by atoms with Gasteiger partial charge in [-0.1, -0.05) is 0 Å². The molecule has 1 aliphatic rings. The smallest absolute Gasteiger partial charge is 0.371 e. The first kappa shape index (κ1) is 13.5. The quantitative estimate of drug-likeness (QED) is 0.734. The van der Waals surface area contributed by atoms with Crippen molar-refractivity contribution in [1.82, 2.24) is 0 Å². The maximum atomic E-state index is 12.4. The van der Waals surface area contributed by atoms with Gasteiger partial charge in [-0.05, 0) is 43.0 Å². The van der Waals surface area contributed by atoms with Gasteiger partial charge in [-0.15, -0.1) is 11.6 Å². The van der Waals surface area contributed by atoms with Gasteiger partial charge >= 0.3 is 6.18 Å². The van der Waals surface area contributed by atoms with Gasteiger partial charge in [-0.25, -0.2) is 0 Å². The van der Waals surface area contributed by atoms with Crippen LogP contribution in [0.4, 0.5) is 18.9 Å². The summed E-state index contributed by atoms with van der Waals surface area (Å²) in [7, 11) is 0. The Morgan fingerprint density at radius 3 is 2.44 bits per heavy atom. The number of piperidine rings is 1. The molecule has 0 bridgehead atoms. The van der Waals surface area contributed by atoms with Gasteiger partial charge in [-0.3, -0.25) is 0 Å². The van der Waals surface area contributed by atoms with E-state index in [2.05, 4.69) is 4.90 Å². The van der Waals surface area contributed by atoms with Crippen LogP contribution in [0.25, 0.3) is 0 Å². The third-order valence-corrected chi connectivity index (χ3v) is 3.73. The molecule has 18 heavy (non-hydrogen) atoms. The van der Waals surface area contributed by atoms with Crippen molar-refractivity contribution >= 4 is 17.3 Å². The molecular weight excluding hydrogens is 263 g/mol. The average Bonchev–Trinajstić information content (AvgIpc) is 2.38. The summed E-state index contributed by atoms with van der Waals surface area (Å²) in [5.41, 5.74) is 0.245. The summed E-state index contributed by atoms with van der Waals surface area (Å²) >= 11 is 5.84. The van der Waals surface area contributed by atoms with Gasteiger partial charge < -0.3 is 4.90 Å². The normalized spacial score (nSPS) is 21.1. The molecule has 0 amide bonds. The van der Waals surface area contributed by atoms with E-state index in [1.165, 1.54) is 0 Å². The van der Waals surface area contributed by atoms with Crippen LogP contribution < -0.4 is 4.90 Å². The van der Waals surface area contributed by atoms with Crippen molar-refractivity contribution in [2.75, 3.05) is 23.9 Å². The highest BCUT2D eigenvalue weighted by Gasteiger charge is 2.30. The zero-order valence-corrected chi connectivity index (χ0v) is 10.6. The number of alkyl halides is 4. The maximum Gasteiger partial charge on any atom is 0.416 e. The molecule has 0 N–H and O–H groups in total. The van der Waals surface area contributed by atoms with E-state index < -0.39 is 11.7 Å². The van der Waals surface area contributed by atoms with E-state index in [4.69, 9.17) is 11.6 Å². The Hall–Kier alpha value is -0.900. The Labute approximate surface area is 110 Å². The fourth-order valence-corrected chi connectivity index (χ4v) is 2.54. The first-order valence-electron chi connectivity index (χ1n) is 5.99. The lowest BCUT2D eigenvalue weighted by Gasteiger charge is -2.33. The molecule has 0 saturated carbocycles. The first-order chi connectivity index (χ1) is 8.50. The van der Waals surface area contributed by atoms with Crippen molar-refractivity contribution in [3.05, 3.63) is 29.8 Å². The third kappa shape index (κ3) is 3.10. The van der Waals surface area contributed by atoms with Crippen molar-refractivity contribution in [2.24, 2.45) is 5.92 Å². The molecule has 5 heteroatoms. The van der Waals surface area contributed by atoms with Gasteiger partial charge in [0.05, 0.1) is 5.56 Å². The topological polar surface area (TPSA) is 3.24 Å². The molecule has 1 fully saturated rings. The fourth-order valence-electron chi connectivity index (χ4n) is 2.29. The molecule has 1 aromatic rings. The maximum absolute atomic E-state index is 12.4. The Morgan fingerprint density at radius 2 is 1.89 bits per heavy atom. The third-order valence-electron chi connectivity index (χ3n) is 3.30. The molecule has 100 valence electrons. The molecule has 0 aromatic heterocycles. The molecule has 2 rings (SSSR count). The van der Waals surface area contributed by atoms with E-state index in [1.54, 1.807) is 12.1 Å². The summed E-state index contributed by atoms with van der Waals surface area (Å²) in [5, 5.41) is 0. The molecule has 1 unspecified atom stereocenters. The lowest BCUT2D eigenvalue weighted by atomic mass is 9.99. The fraction of sp³-hybridized carbons (Fsp3) is 0.538. The van der Waals surface area contributed by atoms with Crippen LogP contribution in [0.3, 0.4) is 0 Å². The van der Waals surface area contributed by atoms with Gasteiger partial charge in [0.1, 0.15) is 0 Å². The second-order valence-electron chi connectivity index (χ2n) is 4.65. The van der Waals surface area contributed by atoms with Gasteiger partial charge in [0.15, 0.2) is 0 Å². The van der Waals surface area contributed by atoms with Crippen molar-refractivity contribution < 1.29 is 13.2 Å². The van der Waals surface area contributed by atoms with Gasteiger partial charge in [0, 0.05) is 24.7 Å². The summed E-state index contributed by atoms with van der Waals surface area (Å²) in [5.74, 6) is 1.04. The highest BCUT2D eigenvalue weighted by Crippen LogP contribution is 2.31. The Bertz CT molecular complexity index is 388. The summed E-state index contributed by atoms with van der Waals surface area (Å²) in [4.78, 5) is 2.11. The lowest BCUT2D eigenvalue weighted by molar-refractivity contribution is -0.137. The molecular formula is C13H15ClF3N. The Balaban J connectivity index is 2.09. The monoisotopic (exact) mass is 277 g/mol. The van der Waals surface area contributed by atoms with Crippen LogP contribution in [0.1, 0.15) is 18.4 Å². The van der Waals surface area contributed by atoms with Crippen LogP contribution in [0.15, 0.2) is 24.3 Å². The highest BCUT2D eigenvalue weighted by molar-refractivity contribution is 6.18. The van der Waals surface area contributed by atoms with Crippen LogP contribution in [0.5, 0.6) is 0 Å². The average molecular weight is 278 g/mol. The number of hydrogen-bond acceptors (Lipinski definition) is 1. The predicted octanol–water partition coefficient (Wildman–Crippen LogP) is 4.16. The van der Waals surface area contributed by atoms with E-state index in [0.717, 1.165) is 43.8 Å². The molecule has 0 spiro atoms. The van der Waals surface area contributed by atoms with Crippen molar-refractivity contribution in [3.8, 4) is 0 Å². The number of nitrogens with zero attached hydrogens (tertiary/aromatic N) is 1. The molecule has 1 heterocycles. The van der Waals surface area contributed by atoms with Gasteiger partial charge in [0.25, 0.3) is 0 Å². The largest absolute Gasteiger partial charge is 0.416 e. The van der Waals surface area contributed by atoms with Crippen LogP contribution in [-0.2, 0) is 6.18 Å².